The van der Waals surface area contributed by atoms with Gasteiger partial charge in [0.15, 0.2) is 0 Å². The third-order valence-electron chi connectivity index (χ3n) is 13.4. The molecular weight excluding hydrogens is 753 g/mol. The maximum absolute atomic E-state index is 6.32. The zero-order valence-corrected chi connectivity index (χ0v) is 33.4. The molecule has 0 saturated carbocycles. The highest BCUT2D eigenvalue weighted by molar-refractivity contribution is 6.25. The largest absolute Gasteiger partial charge is 0.456 e. The van der Waals surface area contributed by atoms with E-state index in [0.29, 0.717) is 0 Å². The molecule has 2 nitrogen and oxygen atoms in total. The summed E-state index contributed by atoms with van der Waals surface area (Å²) in [4.78, 5) is 0. The highest BCUT2D eigenvalue weighted by Crippen LogP contribution is 2.38. The monoisotopic (exact) mass is 786 g/mol. The van der Waals surface area contributed by atoms with Crippen LogP contribution in [-0.4, -0.2) is 0 Å². The van der Waals surface area contributed by atoms with Gasteiger partial charge >= 0.3 is 0 Å². The average Bonchev–Trinajstić information content (AvgIpc) is 3.91. The minimum atomic E-state index is 0.895. The summed E-state index contributed by atoms with van der Waals surface area (Å²) in [7, 11) is 0. The molecule has 0 fully saturated rings. The van der Waals surface area contributed by atoms with E-state index in [1.165, 1.54) is 79.6 Å². The molecule has 0 bridgehead atoms. The van der Waals surface area contributed by atoms with Crippen molar-refractivity contribution in [1.29, 1.82) is 0 Å². The van der Waals surface area contributed by atoms with Crippen molar-refractivity contribution in [2.24, 2.45) is 0 Å². The highest BCUT2D eigenvalue weighted by atomic mass is 16.3. The molecule has 1 aliphatic carbocycles. The van der Waals surface area contributed by atoms with Gasteiger partial charge in [0.25, 0.3) is 0 Å². The quantitative estimate of drug-likeness (QED) is 0.163. The summed E-state index contributed by atoms with van der Waals surface area (Å²) in [5.74, 6) is 0. The van der Waals surface area contributed by atoms with E-state index >= 15 is 0 Å². The topological polar surface area (TPSA) is 26.3 Å². The second-order valence-corrected chi connectivity index (χ2v) is 16.7. The Kier molecular flexibility index (Phi) is 6.86. The lowest BCUT2D eigenvalue weighted by molar-refractivity contribution is 0.668. The molecule has 0 atom stereocenters. The van der Waals surface area contributed by atoms with Gasteiger partial charge in [-0.15, -0.1) is 0 Å². The maximum atomic E-state index is 6.32. The van der Waals surface area contributed by atoms with Crippen molar-refractivity contribution in [2.45, 2.75) is 0 Å². The summed E-state index contributed by atoms with van der Waals surface area (Å²) < 4.78 is 12.6. The van der Waals surface area contributed by atoms with Crippen LogP contribution in [0.3, 0.4) is 0 Å². The van der Waals surface area contributed by atoms with E-state index in [4.69, 9.17) is 8.83 Å². The molecule has 11 aromatic carbocycles. The molecule has 1 aliphatic rings. The lowest BCUT2D eigenvalue weighted by Crippen LogP contribution is -1.94. The predicted octanol–water partition coefficient (Wildman–Crippen LogP) is 15.7. The number of para-hydroxylation sites is 2. The first-order valence-corrected chi connectivity index (χ1v) is 21.3. The van der Waals surface area contributed by atoms with E-state index in [1.54, 1.807) is 0 Å². The molecule has 0 spiro atoms. The smallest absolute Gasteiger partial charge is 0.135 e. The first-order valence-electron chi connectivity index (χ1n) is 21.3. The minimum absolute atomic E-state index is 0.895. The Bertz CT molecular complexity index is 4520. The van der Waals surface area contributed by atoms with Crippen LogP contribution in [0.1, 0.15) is 0 Å². The van der Waals surface area contributed by atoms with Crippen LogP contribution < -0.4 is 0 Å². The molecule has 286 valence electrons. The summed E-state index contributed by atoms with van der Waals surface area (Å²) in [6.07, 6.45) is 0. The van der Waals surface area contributed by atoms with Crippen LogP contribution in [0.15, 0.2) is 215 Å². The number of hydrogen-bond donors (Lipinski definition) is 0. The van der Waals surface area contributed by atoms with Gasteiger partial charge in [-0.3, -0.25) is 0 Å². The molecule has 2 heteroatoms. The molecule has 0 radical (unpaired) electrons. The molecule has 14 rings (SSSR count). The summed E-state index contributed by atoms with van der Waals surface area (Å²) >= 11 is 0. The van der Waals surface area contributed by atoms with Gasteiger partial charge in [0.1, 0.15) is 22.3 Å². The summed E-state index contributed by atoms with van der Waals surface area (Å²) in [6, 6.07) is 75.7. The second kappa shape index (κ2) is 12.7. The molecule has 0 saturated heterocycles. The van der Waals surface area contributed by atoms with E-state index < -0.39 is 0 Å². The molecule has 62 heavy (non-hydrogen) atoms. The highest BCUT2D eigenvalue weighted by Gasteiger charge is 2.15. The van der Waals surface area contributed by atoms with E-state index in [1.807, 2.05) is 18.2 Å². The van der Waals surface area contributed by atoms with Crippen molar-refractivity contribution in [3.8, 4) is 22.3 Å². The number of furan rings is 2. The van der Waals surface area contributed by atoms with E-state index in [2.05, 4.69) is 188 Å². The molecule has 0 N–H and O–H groups in total. The lowest BCUT2D eigenvalue weighted by atomic mass is 9.91. The van der Waals surface area contributed by atoms with Crippen LogP contribution in [0, 0.1) is 41.7 Å². The van der Waals surface area contributed by atoms with Gasteiger partial charge in [0, 0.05) is 21.5 Å². The van der Waals surface area contributed by atoms with Gasteiger partial charge < -0.3 is 8.83 Å². The maximum Gasteiger partial charge on any atom is 0.135 e. The van der Waals surface area contributed by atoms with Crippen LogP contribution >= 0.6 is 0 Å². The van der Waals surface area contributed by atoms with Crippen LogP contribution in [0.4, 0.5) is 0 Å². The van der Waals surface area contributed by atoms with Crippen molar-refractivity contribution in [1.82, 2.24) is 0 Å². The molecule has 13 aromatic rings. The van der Waals surface area contributed by atoms with Crippen LogP contribution in [0.25, 0.3) is 98.4 Å². The molecule has 0 aliphatic heterocycles. The Morgan fingerprint density at radius 2 is 0.629 bits per heavy atom. The Morgan fingerprint density at radius 3 is 1.26 bits per heavy atom. The average molecular weight is 787 g/mol. The molecule has 0 amide bonds. The number of fused-ring (bicyclic) bond motifs is 16. The summed E-state index contributed by atoms with van der Waals surface area (Å²) in [6.45, 7) is 0. The lowest BCUT2D eigenvalue weighted by Gasteiger charge is -2.12. The van der Waals surface area contributed by atoms with Crippen molar-refractivity contribution in [3.05, 3.63) is 248 Å². The standard InChI is InChI=1S/C60H34O2/c1-3-14-41-39(12-1)40-13-2-4-15-42(40)51-34-53-44-27-24-35(36-25-28-58-54(31-36)45-17-7-9-22-56(45)61-58)30-49(44)48-21-11-20-38(60(48)47-19-6-5-16-43(47)52(53)33-50(41)51)37-26-29-59-55(32-37)46-18-8-10-23-57(46)62-59/h1-34H. The fourth-order valence-corrected chi connectivity index (χ4v) is 10.6. The Hall–Kier alpha value is -8.20. The Balaban J connectivity index is 1.21. The van der Waals surface area contributed by atoms with Crippen LogP contribution in [0.5, 0.6) is 0 Å². The van der Waals surface area contributed by atoms with E-state index in [-0.39, 0.29) is 0 Å². The fraction of sp³-hybridized carbons (Fsp3) is 0. The Morgan fingerprint density at radius 1 is 0.210 bits per heavy atom. The van der Waals surface area contributed by atoms with Gasteiger partial charge in [-0.2, -0.15) is 0 Å². The van der Waals surface area contributed by atoms with Gasteiger partial charge in [-0.25, -0.2) is 0 Å². The number of rotatable bonds is 2. The number of hydrogen-bond acceptors (Lipinski definition) is 2. The SMILES string of the molecule is c1ccc2c(c1)=c1cc3c4ccccc4c4ccccc4c3cc1=c1ccc(-c3ccc4oc5ccccc5c4c3)cc1=c1cccc(-c3ccc4oc5ccccc5c4c3)c1=2. The van der Waals surface area contributed by atoms with Gasteiger partial charge in [0.05, 0.1) is 0 Å². The summed E-state index contributed by atoms with van der Waals surface area (Å²) in [5.41, 5.74) is 8.26. The minimum Gasteiger partial charge on any atom is -0.456 e. The summed E-state index contributed by atoms with van der Waals surface area (Å²) in [5, 5.41) is 21.8. The molecule has 0 unspecified atom stereocenters. The van der Waals surface area contributed by atoms with Gasteiger partial charge in [0.2, 0.25) is 0 Å². The number of benzene rings is 11. The van der Waals surface area contributed by atoms with Crippen LogP contribution in [-0.2, 0) is 0 Å². The predicted molar refractivity (Wildman–Crippen MR) is 254 cm³/mol. The molecule has 2 heterocycles. The molecule has 2 aromatic heterocycles. The van der Waals surface area contributed by atoms with Crippen molar-refractivity contribution in [3.63, 3.8) is 0 Å². The van der Waals surface area contributed by atoms with Crippen molar-refractivity contribution in [2.75, 3.05) is 0 Å². The van der Waals surface area contributed by atoms with Crippen LogP contribution in [0.2, 0.25) is 0 Å². The zero-order valence-electron chi connectivity index (χ0n) is 33.4. The van der Waals surface area contributed by atoms with E-state index in [0.717, 1.165) is 60.6 Å². The fourth-order valence-electron chi connectivity index (χ4n) is 10.6. The Labute approximate surface area is 353 Å². The third kappa shape index (κ3) is 4.75. The normalized spacial score (nSPS) is 12.2. The first-order chi connectivity index (χ1) is 30.7. The third-order valence-corrected chi connectivity index (χ3v) is 13.4. The second-order valence-electron chi connectivity index (χ2n) is 16.7. The zero-order chi connectivity index (χ0) is 40.5. The van der Waals surface area contributed by atoms with Gasteiger partial charge in [-0.05, 0) is 151 Å². The van der Waals surface area contributed by atoms with E-state index in [9.17, 15) is 0 Å². The van der Waals surface area contributed by atoms with Gasteiger partial charge in [-0.1, -0.05) is 152 Å². The molecular formula is C60H34O2. The van der Waals surface area contributed by atoms with Crippen molar-refractivity contribution >= 4 is 76.2 Å². The first kappa shape index (κ1) is 33.6. The van der Waals surface area contributed by atoms with Crippen molar-refractivity contribution < 1.29 is 8.83 Å².